The molecule has 1 heteroatoms. The van der Waals surface area contributed by atoms with Gasteiger partial charge >= 0.3 is 0 Å². The second kappa shape index (κ2) is 11.4. The molecule has 0 spiro atoms. The van der Waals surface area contributed by atoms with Gasteiger partial charge in [0.1, 0.15) is 5.75 Å². The van der Waals surface area contributed by atoms with Crippen LogP contribution in [0, 0.1) is 11.3 Å². The average Bonchev–Trinajstić information content (AvgIpc) is 2.85. The summed E-state index contributed by atoms with van der Waals surface area (Å²) < 4.78 is 6.42. The van der Waals surface area contributed by atoms with E-state index in [9.17, 15) is 0 Å². The highest BCUT2D eigenvalue weighted by Gasteiger charge is 2.25. The van der Waals surface area contributed by atoms with Crippen molar-refractivity contribution >= 4 is 0 Å². The molecule has 0 aromatic heterocycles. The second-order valence-corrected chi connectivity index (χ2v) is 10.3. The van der Waals surface area contributed by atoms with E-state index in [1.807, 2.05) is 0 Å². The minimum absolute atomic E-state index is 0.297. The van der Waals surface area contributed by atoms with E-state index in [1.54, 1.807) is 5.56 Å². The summed E-state index contributed by atoms with van der Waals surface area (Å²) >= 11 is 0. The van der Waals surface area contributed by atoms with Crippen LogP contribution in [0.25, 0.3) is 11.1 Å². The molecule has 0 saturated heterocycles. The third kappa shape index (κ3) is 5.59. The summed E-state index contributed by atoms with van der Waals surface area (Å²) in [6.07, 6.45) is 11.1. The molecule has 1 saturated carbocycles. The van der Waals surface area contributed by atoms with Crippen molar-refractivity contribution in [3.05, 3.63) is 53.1 Å². The molecule has 176 valence electrons. The largest absolute Gasteiger partial charge is 0.493 e. The molecular weight excluding hydrogens is 388 g/mol. The zero-order chi connectivity index (χ0) is 23.1. The third-order valence-corrected chi connectivity index (χ3v) is 8.53. The summed E-state index contributed by atoms with van der Waals surface area (Å²) in [6, 6.07) is 14.2. The lowest BCUT2D eigenvalue weighted by Crippen LogP contribution is -2.26. The molecular formula is C31H46O. The Hall–Kier alpha value is -1.76. The molecule has 1 fully saturated rings. The van der Waals surface area contributed by atoms with Gasteiger partial charge in [-0.3, -0.25) is 0 Å². The summed E-state index contributed by atoms with van der Waals surface area (Å²) in [5, 5.41) is 0. The third-order valence-electron chi connectivity index (χ3n) is 8.53. The van der Waals surface area contributed by atoms with Gasteiger partial charge in [0.15, 0.2) is 0 Å². The standard InChI is InChI=1S/C31H46O/c1-7-24-20-27(26-14-12-23(6)13-15-26)16-18-29(24)28-17-19-30(25(8-2)21-28)32-22-31(9-3,10-4)11-5/h16-21,23,26H,7-15,22H2,1-6H3. The second-order valence-electron chi connectivity index (χ2n) is 10.3. The summed E-state index contributed by atoms with van der Waals surface area (Å²) in [5.41, 5.74) is 7.40. The molecule has 0 radical (unpaired) electrons. The molecule has 0 bridgehead atoms. The van der Waals surface area contributed by atoms with E-state index in [0.717, 1.165) is 37.0 Å². The fourth-order valence-corrected chi connectivity index (χ4v) is 5.49. The molecule has 0 heterocycles. The number of hydrogen-bond donors (Lipinski definition) is 0. The summed E-state index contributed by atoms with van der Waals surface area (Å²) in [5.74, 6) is 2.73. The Morgan fingerprint density at radius 1 is 0.781 bits per heavy atom. The Balaban J connectivity index is 1.83. The fourth-order valence-electron chi connectivity index (χ4n) is 5.49. The Morgan fingerprint density at radius 3 is 2.03 bits per heavy atom. The zero-order valence-corrected chi connectivity index (χ0v) is 21.6. The maximum absolute atomic E-state index is 6.42. The molecule has 0 atom stereocenters. The first-order valence-electron chi connectivity index (χ1n) is 13.4. The Bertz CT molecular complexity index is 844. The molecule has 1 nitrogen and oxygen atoms in total. The van der Waals surface area contributed by atoms with Crippen LogP contribution in [0.2, 0.25) is 0 Å². The van der Waals surface area contributed by atoms with Crippen LogP contribution in [0.5, 0.6) is 5.75 Å². The first-order valence-corrected chi connectivity index (χ1v) is 13.4. The molecule has 32 heavy (non-hydrogen) atoms. The van der Waals surface area contributed by atoms with Gasteiger partial charge in [0.05, 0.1) is 6.61 Å². The summed E-state index contributed by atoms with van der Waals surface area (Å²) in [6.45, 7) is 14.6. The van der Waals surface area contributed by atoms with Crippen molar-refractivity contribution in [1.82, 2.24) is 0 Å². The highest BCUT2D eigenvalue weighted by Crippen LogP contribution is 2.38. The number of rotatable bonds is 10. The number of hydrogen-bond acceptors (Lipinski definition) is 1. The number of benzene rings is 2. The summed E-state index contributed by atoms with van der Waals surface area (Å²) in [4.78, 5) is 0. The van der Waals surface area contributed by atoms with Gasteiger partial charge in [-0.25, -0.2) is 0 Å². The Labute approximate surface area is 198 Å². The lowest BCUT2D eigenvalue weighted by Gasteiger charge is -2.30. The van der Waals surface area contributed by atoms with Crippen molar-refractivity contribution in [1.29, 1.82) is 0 Å². The first kappa shape index (κ1) is 24.9. The molecule has 0 amide bonds. The van der Waals surface area contributed by atoms with Crippen molar-refractivity contribution in [2.45, 2.75) is 105 Å². The van der Waals surface area contributed by atoms with Crippen LogP contribution in [-0.4, -0.2) is 6.61 Å². The predicted octanol–water partition coefficient (Wildman–Crippen LogP) is 9.37. The fraction of sp³-hybridized carbons (Fsp3) is 0.613. The van der Waals surface area contributed by atoms with Crippen molar-refractivity contribution in [3.8, 4) is 16.9 Å². The van der Waals surface area contributed by atoms with E-state index in [1.165, 1.54) is 67.2 Å². The minimum atomic E-state index is 0.297. The lowest BCUT2D eigenvalue weighted by molar-refractivity contribution is 0.127. The molecule has 0 unspecified atom stereocenters. The molecule has 2 aromatic rings. The van der Waals surface area contributed by atoms with Crippen LogP contribution >= 0.6 is 0 Å². The van der Waals surface area contributed by atoms with Gasteiger partial charge in [0, 0.05) is 5.41 Å². The molecule has 0 aliphatic heterocycles. The van der Waals surface area contributed by atoms with E-state index < -0.39 is 0 Å². The van der Waals surface area contributed by atoms with Crippen LogP contribution in [0.1, 0.15) is 109 Å². The Kier molecular flexibility index (Phi) is 8.86. The maximum Gasteiger partial charge on any atom is 0.122 e. The van der Waals surface area contributed by atoms with Gasteiger partial charge in [-0.05, 0) is 96.7 Å². The molecule has 1 aliphatic rings. The summed E-state index contributed by atoms with van der Waals surface area (Å²) in [7, 11) is 0. The molecule has 1 aliphatic carbocycles. The van der Waals surface area contributed by atoms with Crippen molar-refractivity contribution in [2.24, 2.45) is 11.3 Å². The highest BCUT2D eigenvalue weighted by molar-refractivity contribution is 5.70. The van der Waals surface area contributed by atoms with E-state index in [-0.39, 0.29) is 0 Å². The topological polar surface area (TPSA) is 9.23 Å². The van der Waals surface area contributed by atoms with Crippen LogP contribution in [0.3, 0.4) is 0 Å². The van der Waals surface area contributed by atoms with Crippen molar-refractivity contribution in [2.75, 3.05) is 6.61 Å². The van der Waals surface area contributed by atoms with Crippen molar-refractivity contribution < 1.29 is 4.74 Å². The van der Waals surface area contributed by atoms with Crippen LogP contribution in [0.15, 0.2) is 36.4 Å². The zero-order valence-electron chi connectivity index (χ0n) is 21.6. The van der Waals surface area contributed by atoms with E-state index in [0.29, 0.717) is 5.41 Å². The van der Waals surface area contributed by atoms with Gasteiger partial charge in [0.25, 0.3) is 0 Å². The SMILES string of the molecule is CCc1cc(-c2ccc(C3CCC(C)CC3)cc2CC)ccc1OCC(CC)(CC)CC. The van der Waals surface area contributed by atoms with E-state index in [2.05, 4.69) is 77.9 Å². The molecule has 2 aromatic carbocycles. The van der Waals surface area contributed by atoms with Crippen LogP contribution in [-0.2, 0) is 12.8 Å². The normalized spacial score (nSPS) is 19.2. The highest BCUT2D eigenvalue weighted by atomic mass is 16.5. The maximum atomic E-state index is 6.42. The molecule has 0 N–H and O–H groups in total. The quantitative estimate of drug-likeness (QED) is 0.362. The van der Waals surface area contributed by atoms with Gasteiger partial charge in [-0.2, -0.15) is 0 Å². The minimum Gasteiger partial charge on any atom is -0.493 e. The van der Waals surface area contributed by atoms with Crippen molar-refractivity contribution in [3.63, 3.8) is 0 Å². The van der Waals surface area contributed by atoms with E-state index in [4.69, 9.17) is 4.74 Å². The Morgan fingerprint density at radius 2 is 1.44 bits per heavy atom. The smallest absolute Gasteiger partial charge is 0.122 e. The van der Waals surface area contributed by atoms with Crippen LogP contribution < -0.4 is 4.74 Å². The van der Waals surface area contributed by atoms with Gasteiger partial charge in [-0.15, -0.1) is 0 Å². The van der Waals surface area contributed by atoms with Gasteiger partial charge in [-0.1, -0.05) is 78.6 Å². The first-order chi connectivity index (χ1) is 15.5. The van der Waals surface area contributed by atoms with Crippen LogP contribution in [0.4, 0.5) is 0 Å². The van der Waals surface area contributed by atoms with Gasteiger partial charge < -0.3 is 4.74 Å². The number of ether oxygens (including phenoxy) is 1. The number of aryl methyl sites for hydroxylation is 2. The monoisotopic (exact) mass is 434 g/mol. The lowest BCUT2D eigenvalue weighted by atomic mass is 9.78. The van der Waals surface area contributed by atoms with E-state index >= 15 is 0 Å². The predicted molar refractivity (Wildman–Crippen MR) is 140 cm³/mol. The molecule has 3 rings (SSSR count). The average molecular weight is 435 g/mol. The van der Waals surface area contributed by atoms with Gasteiger partial charge in [0.2, 0.25) is 0 Å².